The van der Waals surface area contributed by atoms with Crippen molar-refractivity contribution in [1.82, 2.24) is 0 Å². The van der Waals surface area contributed by atoms with Gasteiger partial charge in [0.15, 0.2) is 17.2 Å². The molecular weight excluding hydrogens is 436 g/mol. The highest BCUT2D eigenvalue weighted by atomic mass is 32.2. The van der Waals surface area contributed by atoms with Crippen molar-refractivity contribution in [2.45, 2.75) is 37.2 Å². The van der Waals surface area contributed by atoms with E-state index in [1.165, 1.54) is 6.07 Å². The summed E-state index contributed by atoms with van der Waals surface area (Å²) in [5.74, 6) is 2.39. The Hall–Kier alpha value is -3.14. The average molecular weight is 463 g/mol. The Bertz CT molecular complexity index is 1010. The molecule has 2 aromatic rings. The van der Waals surface area contributed by atoms with E-state index in [0.29, 0.717) is 29.4 Å². The van der Waals surface area contributed by atoms with Crippen LogP contribution in [0, 0.1) is 10.1 Å². The summed E-state index contributed by atoms with van der Waals surface area (Å²) < 4.78 is 21.6. The Morgan fingerprint density at radius 1 is 1.09 bits per heavy atom. The van der Waals surface area contributed by atoms with Gasteiger partial charge in [0, 0.05) is 16.5 Å². The van der Waals surface area contributed by atoms with E-state index in [1.54, 1.807) is 45.9 Å². The molecule has 0 spiro atoms. The first-order valence-corrected chi connectivity index (χ1v) is 11.0. The zero-order chi connectivity index (χ0) is 23.3. The van der Waals surface area contributed by atoms with Crippen LogP contribution in [-0.4, -0.2) is 37.6 Å². The molecule has 9 nitrogen and oxygen atoms in total. The van der Waals surface area contributed by atoms with Crippen molar-refractivity contribution in [1.29, 1.82) is 0 Å². The predicted molar refractivity (Wildman–Crippen MR) is 121 cm³/mol. The number of carbonyl (C=O) groups is 1. The second-order valence-corrected chi connectivity index (χ2v) is 8.74. The van der Waals surface area contributed by atoms with Gasteiger partial charge in [-0.1, -0.05) is 0 Å². The van der Waals surface area contributed by atoms with Crippen LogP contribution < -0.4 is 19.5 Å². The quantitative estimate of drug-likeness (QED) is 0.217. The molecule has 0 radical (unpaired) electrons. The highest BCUT2D eigenvalue weighted by Gasteiger charge is 2.36. The van der Waals surface area contributed by atoms with Crippen LogP contribution in [-0.2, 0) is 10.3 Å². The Morgan fingerprint density at radius 2 is 1.84 bits per heavy atom. The van der Waals surface area contributed by atoms with Gasteiger partial charge in [-0.05, 0) is 56.7 Å². The number of methoxy groups -OCH3 is 2. The molecule has 0 bridgehead atoms. The van der Waals surface area contributed by atoms with Crippen molar-refractivity contribution in [2.24, 2.45) is 0 Å². The number of hydrogen-bond acceptors (Lipinski definition) is 8. The molecule has 1 aliphatic heterocycles. The van der Waals surface area contributed by atoms with Crippen LogP contribution in [0.5, 0.6) is 17.2 Å². The third kappa shape index (κ3) is 5.37. The van der Waals surface area contributed by atoms with Crippen LogP contribution in [0.1, 0.15) is 32.3 Å². The molecule has 172 valence electrons. The minimum absolute atomic E-state index is 0.161. The summed E-state index contributed by atoms with van der Waals surface area (Å²) in [4.78, 5) is 23.8. The molecular formula is C22H26N2O7S. The lowest BCUT2D eigenvalue weighted by Gasteiger charge is -2.32. The number of amides is 1. The van der Waals surface area contributed by atoms with Gasteiger partial charge < -0.3 is 18.9 Å². The maximum Gasteiger partial charge on any atom is 0.412 e. The molecule has 0 saturated carbocycles. The lowest BCUT2D eigenvalue weighted by molar-refractivity contribution is -0.385. The lowest BCUT2D eigenvalue weighted by atomic mass is 9.94. The fraction of sp³-hybridized carbons (Fsp3) is 0.409. The fourth-order valence-electron chi connectivity index (χ4n) is 3.33. The molecule has 1 aliphatic rings. The van der Waals surface area contributed by atoms with Gasteiger partial charge in [-0.15, -0.1) is 11.8 Å². The van der Waals surface area contributed by atoms with Crippen LogP contribution in [0.3, 0.4) is 0 Å². The zero-order valence-electron chi connectivity index (χ0n) is 18.4. The van der Waals surface area contributed by atoms with E-state index in [9.17, 15) is 14.9 Å². The molecule has 0 saturated heterocycles. The standard InChI is InChI=1S/C22H26N2O7S/c1-22(2)15-12-19(17(24(26)27)13-16(15)23-21(25)31-22)30-9-5-6-10-32-14-7-8-18(28-3)20(11-14)29-4/h7-8,11-13H,5-6,9-10H2,1-4H3,(H,23,25). The van der Waals surface area contributed by atoms with E-state index in [4.69, 9.17) is 18.9 Å². The zero-order valence-corrected chi connectivity index (χ0v) is 19.2. The van der Waals surface area contributed by atoms with Gasteiger partial charge in [-0.2, -0.15) is 0 Å². The third-order valence-electron chi connectivity index (χ3n) is 4.95. The summed E-state index contributed by atoms with van der Waals surface area (Å²) in [7, 11) is 3.20. The van der Waals surface area contributed by atoms with Gasteiger partial charge in [0.25, 0.3) is 0 Å². The molecule has 1 heterocycles. The van der Waals surface area contributed by atoms with E-state index in [0.717, 1.165) is 23.5 Å². The van der Waals surface area contributed by atoms with Crippen molar-refractivity contribution in [2.75, 3.05) is 31.9 Å². The van der Waals surface area contributed by atoms with Crippen molar-refractivity contribution in [3.63, 3.8) is 0 Å². The summed E-state index contributed by atoms with van der Waals surface area (Å²) in [5, 5.41) is 14.0. The number of hydrogen-bond donors (Lipinski definition) is 1. The largest absolute Gasteiger partial charge is 0.493 e. The number of anilines is 1. The van der Waals surface area contributed by atoms with Crippen molar-refractivity contribution in [3.05, 3.63) is 46.0 Å². The van der Waals surface area contributed by atoms with Gasteiger partial charge in [0.2, 0.25) is 0 Å². The highest BCUT2D eigenvalue weighted by Crippen LogP contribution is 2.42. The van der Waals surface area contributed by atoms with E-state index < -0.39 is 16.6 Å². The van der Waals surface area contributed by atoms with Crippen molar-refractivity contribution in [3.8, 4) is 17.2 Å². The molecule has 0 fully saturated rings. The first kappa shape index (κ1) is 23.5. The number of ether oxygens (including phenoxy) is 4. The molecule has 3 rings (SSSR count). The summed E-state index contributed by atoms with van der Waals surface area (Å²) in [6, 6.07) is 8.67. The second-order valence-electron chi connectivity index (χ2n) is 7.57. The smallest absolute Gasteiger partial charge is 0.412 e. The third-order valence-corrected chi connectivity index (χ3v) is 6.03. The Morgan fingerprint density at radius 3 is 2.53 bits per heavy atom. The molecule has 32 heavy (non-hydrogen) atoms. The SMILES string of the molecule is COc1ccc(SCCCCOc2cc3c(cc2[N+](=O)[O-])NC(=O)OC3(C)C)cc1OC. The molecule has 0 aromatic heterocycles. The number of rotatable bonds is 10. The monoisotopic (exact) mass is 462 g/mol. The number of carbonyl (C=O) groups excluding carboxylic acids is 1. The van der Waals surface area contributed by atoms with Crippen LogP contribution in [0.2, 0.25) is 0 Å². The van der Waals surface area contributed by atoms with Crippen molar-refractivity contribution < 1.29 is 28.7 Å². The Kier molecular flexibility index (Phi) is 7.34. The first-order chi connectivity index (χ1) is 15.2. The minimum Gasteiger partial charge on any atom is -0.493 e. The van der Waals surface area contributed by atoms with E-state index in [-0.39, 0.29) is 11.4 Å². The molecule has 10 heteroatoms. The van der Waals surface area contributed by atoms with Gasteiger partial charge in [-0.3, -0.25) is 15.4 Å². The van der Waals surface area contributed by atoms with Crippen LogP contribution in [0.4, 0.5) is 16.2 Å². The van der Waals surface area contributed by atoms with Crippen LogP contribution in [0.15, 0.2) is 35.2 Å². The Labute approximate surface area is 190 Å². The molecule has 1 N–H and O–H groups in total. The molecule has 0 atom stereocenters. The van der Waals surface area contributed by atoms with Crippen molar-refractivity contribution >= 4 is 29.2 Å². The average Bonchev–Trinajstić information content (AvgIpc) is 2.75. The van der Waals surface area contributed by atoms with Crippen LogP contribution >= 0.6 is 11.8 Å². The first-order valence-electron chi connectivity index (χ1n) is 10.1. The highest BCUT2D eigenvalue weighted by molar-refractivity contribution is 7.99. The van der Waals surface area contributed by atoms with Gasteiger partial charge >= 0.3 is 11.8 Å². The minimum atomic E-state index is -0.916. The van der Waals surface area contributed by atoms with Gasteiger partial charge in [0.1, 0.15) is 5.60 Å². The fourth-order valence-corrected chi connectivity index (χ4v) is 4.27. The summed E-state index contributed by atoms with van der Waals surface area (Å²) in [6.45, 7) is 3.79. The number of nitro groups is 1. The Balaban J connectivity index is 1.57. The molecule has 2 aromatic carbocycles. The van der Waals surface area contributed by atoms with E-state index >= 15 is 0 Å². The number of unbranched alkanes of at least 4 members (excludes halogenated alkanes) is 1. The topological polar surface area (TPSA) is 109 Å². The summed E-state index contributed by atoms with van der Waals surface area (Å²) in [5.41, 5.74) is -0.124. The number of fused-ring (bicyclic) bond motifs is 1. The summed E-state index contributed by atoms with van der Waals surface area (Å²) >= 11 is 1.69. The lowest BCUT2D eigenvalue weighted by Crippen LogP contribution is -2.34. The molecule has 0 unspecified atom stereocenters. The summed E-state index contributed by atoms with van der Waals surface area (Å²) in [6.07, 6.45) is 0.950. The predicted octanol–water partition coefficient (Wildman–Crippen LogP) is 5.36. The number of nitrogens with zero attached hydrogens (tertiary/aromatic N) is 1. The number of benzene rings is 2. The number of thioether (sulfide) groups is 1. The van der Waals surface area contributed by atoms with Gasteiger partial charge in [0.05, 0.1) is 31.4 Å². The number of nitro benzene ring substituents is 1. The van der Waals surface area contributed by atoms with E-state index in [2.05, 4.69) is 5.32 Å². The number of cyclic esters (lactones) is 1. The molecule has 1 amide bonds. The maximum atomic E-state index is 11.7. The van der Waals surface area contributed by atoms with E-state index in [1.807, 2.05) is 18.2 Å². The second kappa shape index (κ2) is 9.99. The number of nitrogens with one attached hydrogen (secondary N) is 1. The maximum absolute atomic E-state index is 11.7. The van der Waals surface area contributed by atoms with Gasteiger partial charge in [-0.25, -0.2) is 4.79 Å². The normalized spacial score (nSPS) is 14.1. The molecule has 0 aliphatic carbocycles. The van der Waals surface area contributed by atoms with Crippen LogP contribution in [0.25, 0.3) is 0 Å².